The van der Waals surface area contributed by atoms with E-state index in [1.54, 1.807) is 30.3 Å². The monoisotopic (exact) mass is 541 g/mol. The number of fused-ring (bicyclic) bond motifs is 2. The van der Waals surface area contributed by atoms with Gasteiger partial charge in [0.2, 0.25) is 11.2 Å². The van der Waals surface area contributed by atoms with Crippen LogP contribution >= 0.6 is 39.3 Å². The Hall–Kier alpha value is -2.74. The molecule has 0 radical (unpaired) electrons. The van der Waals surface area contributed by atoms with Crippen LogP contribution < -0.4 is 10.2 Å². The van der Waals surface area contributed by atoms with Gasteiger partial charge in [-0.3, -0.25) is 4.79 Å². The van der Waals surface area contributed by atoms with Crippen molar-refractivity contribution in [3.8, 4) is 17.1 Å². The lowest BCUT2D eigenvalue weighted by Gasteiger charge is -2.11. The van der Waals surface area contributed by atoms with Gasteiger partial charge in [0.15, 0.2) is 11.3 Å². The topological polar surface area (TPSA) is 65.5 Å². The van der Waals surface area contributed by atoms with Gasteiger partial charge >= 0.3 is 0 Å². The normalized spacial score (nSPS) is 11.3. The Labute approximate surface area is 206 Å². The third kappa shape index (κ3) is 4.81. The molecule has 5 nitrogen and oxygen atoms in total. The molecule has 0 aliphatic rings. The maximum atomic E-state index is 13.2. The second kappa shape index (κ2) is 9.63. The van der Waals surface area contributed by atoms with Gasteiger partial charge < -0.3 is 13.6 Å². The van der Waals surface area contributed by atoms with Crippen LogP contribution in [0.25, 0.3) is 33.4 Å². The first kappa shape index (κ1) is 22.1. The van der Waals surface area contributed by atoms with E-state index in [9.17, 15) is 4.79 Å². The molecule has 3 aromatic carbocycles. The molecule has 0 N–H and O–H groups in total. The van der Waals surface area contributed by atoms with E-state index in [0.717, 1.165) is 15.6 Å². The van der Waals surface area contributed by atoms with Crippen LogP contribution in [0.1, 0.15) is 6.42 Å². The molecule has 0 spiro atoms. The van der Waals surface area contributed by atoms with Gasteiger partial charge in [0.25, 0.3) is 5.22 Å². The van der Waals surface area contributed by atoms with Crippen LogP contribution in [0.15, 0.2) is 90.1 Å². The summed E-state index contributed by atoms with van der Waals surface area (Å²) >= 11 is 10.9. The Bertz CT molecular complexity index is 1500. The SMILES string of the molecule is O=c1c(OCCCSc2nc3cc(Cl)ccc3o2)c(-c2ccc(Br)cc2)oc2ccccc12. The zero-order valence-electron chi connectivity index (χ0n) is 17.2. The number of para-hydroxylation sites is 1. The van der Waals surface area contributed by atoms with E-state index >= 15 is 0 Å². The maximum absolute atomic E-state index is 13.2. The molecule has 0 saturated heterocycles. The molecule has 0 bridgehead atoms. The van der Waals surface area contributed by atoms with Crippen LogP contribution in [0.2, 0.25) is 5.02 Å². The molecule has 0 aliphatic carbocycles. The van der Waals surface area contributed by atoms with Crippen molar-refractivity contribution in [1.29, 1.82) is 0 Å². The van der Waals surface area contributed by atoms with E-state index in [2.05, 4.69) is 20.9 Å². The molecule has 166 valence electrons. The number of rotatable bonds is 7. The van der Waals surface area contributed by atoms with E-state index in [4.69, 9.17) is 25.2 Å². The number of oxazole rings is 1. The lowest BCUT2D eigenvalue weighted by Crippen LogP contribution is -2.11. The average molecular weight is 543 g/mol. The average Bonchev–Trinajstić information content (AvgIpc) is 3.22. The van der Waals surface area contributed by atoms with Gasteiger partial charge in [-0.15, -0.1) is 0 Å². The van der Waals surface area contributed by atoms with Crippen molar-refractivity contribution in [2.75, 3.05) is 12.4 Å². The van der Waals surface area contributed by atoms with Crippen LogP contribution in [-0.4, -0.2) is 17.3 Å². The molecule has 5 rings (SSSR count). The predicted octanol–water partition coefficient (Wildman–Crippen LogP) is 7.58. The Balaban J connectivity index is 1.32. The first-order valence-corrected chi connectivity index (χ1v) is 12.4. The highest BCUT2D eigenvalue weighted by molar-refractivity contribution is 9.10. The third-order valence-corrected chi connectivity index (χ3v) is 6.63. The van der Waals surface area contributed by atoms with Crippen molar-refractivity contribution >= 4 is 61.4 Å². The van der Waals surface area contributed by atoms with Gasteiger partial charge in [-0.2, -0.15) is 0 Å². The molecule has 0 amide bonds. The smallest absolute Gasteiger partial charge is 0.256 e. The lowest BCUT2D eigenvalue weighted by atomic mass is 10.1. The quantitative estimate of drug-likeness (QED) is 0.156. The maximum Gasteiger partial charge on any atom is 0.256 e. The van der Waals surface area contributed by atoms with Gasteiger partial charge in [0.05, 0.1) is 12.0 Å². The van der Waals surface area contributed by atoms with Gasteiger partial charge in [0.1, 0.15) is 11.1 Å². The van der Waals surface area contributed by atoms with Gasteiger partial charge in [0, 0.05) is 20.8 Å². The van der Waals surface area contributed by atoms with Crippen LogP contribution in [-0.2, 0) is 0 Å². The second-order valence-electron chi connectivity index (χ2n) is 7.23. The predicted molar refractivity (Wildman–Crippen MR) is 135 cm³/mol. The molecule has 0 aliphatic heterocycles. The lowest BCUT2D eigenvalue weighted by molar-refractivity contribution is 0.310. The molecule has 2 aromatic heterocycles. The minimum Gasteiger partial charge on any atom is -0.486 e. The Morgan fingerprint density at radius 3 is 2.67 bits per heavy atom. The molecule has 0 atom stereocenters. The minimum absolute atomic E-state index is 0.182. The van der Waals surface area contributed by atoms with Gasteiger partial charge in [-0.25, -0.2) is 4.98 Å². The van der Waals surface area contributed by atoms with Gasteiger partial charge in [-0.1, -0.05) is 51.4 Å². The van der Waals surface area contributed by atoms with Crippen molar-refractivity contribution in [2.24, 2.45) is 0 Å². The van der Waals surface area contributed by atoms with Crippen molar-refractivity contribution in [3.05, 3.63) is 86.4 Å². The summed E-state index contributed by atoms with van der Waals surface area (Å²) in [6.07, 6.45) is 0.691. The van der Waals surface area contributed by atoms with Crippen molar-refractivity contribution < 1.29 is 13.6 Å². The molecule has 0 unspecified atom stereocenters. The zero-order valence-corrected chi connectivity index (χ0v) is 20.4. The first-order chi connectivity index (χ1) is 16.1. The first-order valence-electron chi connectivity index (χ1n) is 10.2. The number of hydrogen-bond donors (Lipinski definition) is 0. The number of hydrogen-bond acceptors (Lipinski definition) is 6. The van der Waals surface area contributed by atoms with Crippen LogP contribution in [0.3, 0.4) is 0 Å². The van der Waals surface area contributed by atoms with E-state index in [0.29, 0.717) is 51.3 Å². The summed E-state index contributed by atoms with van der Waals surface area (Å²) in [6, 6.07) is 20.1. The number of nitrogens with zero attached hydrogens (tertiary/aromatic N) is 1. The summed E-state index contributed by atoms with van der Waals surface area (Å²) < 4.78 is 18.7. The van der Waals surface area contributed by atoms with Crippen molar-refractivity contribution in [3.63, 3.8) is 0 Å². The number of thioether (sulfide) groups is 1. The Morgan fingerprint density at radius 2 is 1.82 bits per heavy atom. The summed E-state index contributed by atoms with van der Waals surface area (Å²) in [4.78, 5) is 17.6. The van der Waals surface area contributed by atoms with E-state index in [-0.39, 0.29) is 11.2 Å². The second-order valence-corrected chi connectivity index (χ2v) is 9.63. The molecule has 8 heteroatoms. The van der Waals surface area contributed by atoms with Crippen molar-refractivity contribution in [2.45, 2.75) is 11.6 Å². The molecule has 2 heterocycles. The number of halogens is 2. The summed E-state index contributed by atoms with van der Waals surface area (Å²) in [5.74, 6) is 1.36. The largest absolute Gasteiger partial charge is 0.486 e. The van der Waals surface area contributed by atoms with Crippen molar-refractivity contribution in [1.82, 2.24) is 4.98 Å². The highest BCUT2D eigenvalue weighted by atomic mass is 79.9. The van der Waals surface area contributed by atoms with Gasteiger partial charge in [-0.05, 0) is 61.0 Å². The van der Waals surface area contributed by atoms with E-state index in [1.165, 1.54) is 11.8 Å². The Morgan fingerprint density at radius 1 is 1.00 bits per heavy atom. The van der Waals surface area contributed by atoms with E-state index < -0.39 is 0 Å². The highest BCUT2D eigenvalue weighted by Crippen LogP contribution is 2.32. The summed E-state index contributed by atoms with van der Waals surface area (Å²) in [5, 5.41) is 1.69. The van der Waals surface area contributed by atoms with E-state index in [1.807, 2.05) is 36.4 Å². The van der Waals surface area contributed by atoms with Crippen LogP contribution in [0.5, 0.6) is 5.75 Å². The van der Waals surface area contributed by atoms with Crippen LogP contribution in [0, 0.1) is 0 Å². The molecular weight excluding hydrogens is 526 g/mol. The Kier molecular flexibility index (Phi) is 6.44. The number of aromatic nitrogens is 1. The number of ether oxygens (including phenoxy) is 1. The fraction of sp³-hybridized carbons (Fsp3) is 0.120. The fourth-order valence-electron chi connectivity index (χ4n) is 3.38. The summed E-state index contributed by atoms with van der Waals surface area (Å²) in [7, 11) is 0. The fourth-order valence-corrected chi connectivity index (χ4v) is 4.56. The standard InChI is InChI=1S/C25H17BrClNO4S/c26-16-8-6-15(7-9-16)23-24(22(29)18-4-1-2-5-20(18)31-23)30-12-3-13-33-25-28-19-14-17(27)10-11-21(19)32-25/h1-2,4-11,14H,3,12-13H2. The highest BCUT2D eigenvalue weighted by Gasteiger charge is 2.17. The minimum atomic E-state index is -0.182. The number of benzene rings is 3. The molecule has 0 saturated carbocycles. The van der Waals surface area contributed by atoms with Crippen LogP contribution in [0.4, 0.5) is 0 Å². The molecule has 33 heavy (non-hydrogen) atoms. The molecular formula is C25H17BrClNO4S. The molecule has 5 aromatic rings. The summed E-state index contributed by atoms with van der Waals surface area (Å²) in [6.45, 7) is 0.353. The third-order valence-electron chi connectivity index (χ3n) is 4.95. The zero-order chi connectivity index (χ0) is 22.8. The molecule has 0 fully saturated rings. The summed E-state index contributed by atoms with van der Waals surface area (Å²) in [5.41, 5.74) is 2.55.